The molecule has 0 bridgehead atoms. The van der Waals surface area contributed by atoms with Crippen molar-refractivity contribution >= 4 is 94.4 Å². The van der Waals surface area contributed by atoms with Gasteiger partial charge in [-0.25, -0.2) is 0 Å². The third-order valence-electron chi connectivity index (χ3n) is 0. The van der Waals surface area contributed by atoms with Crippen LogP contribution in [0.3, 0.4) is 0 Å². The second kappa shape index (κ2) is 24.8. The van der Waals surface area contributed by atoms with Crippen LogP contribution in [0.15, 0.2) is 0 Å². The van der Waals surface area contributed by atoms with Crippen molar-refractivity contribution in [2.24, 2.45) is 0 Å². The van der Waals surface area contributed by atoms with Crippen LogP contribution in [0.2, 0.25) is 0 Å². The van der Waals surface area contributed by atoms with Crippen LogP contribution in [0.5, 0.6) is 0 Å². The summed E-state index contributed by atoms with van der Waals surface area (Å²) in [7, 11) is 0. The zero-order valence-electron chi connectivity index (χ0n) is 6.51. The van der Waals surface area contributed by atoms with Crippen LogP contribution in [0.1, 0.15) is 5.71 Å². The zero-order valence-corrected chi connectivity index (χ0v) is 12.6. The van der Waals surface area contributed by atoms with E-state index in [0.29, 0.717) is 0 Å². The van der Waals surface area contributed by atoms with E-state index in [1.807, 2.05) is 0 Å². The van der Waals surface area contributed by atoms with Gasteiger partial charge in [0.2, 0.25) is 0 Å². The molecule has 0 aliphatic heterocycles. The van der Waals surface area contributed by atoms with Crippen molar-refractivity contribution in [2.75, 3.05) is 0 Å². The largest absolute Gasteiger partial charge is 2.00 e. The molecule has 0 aromatic heterocycles. The van der Waals surface area contributed by atoms with Crippen molar-refractivity contribution in [2.45, 2.75) is 0 Å². The van der Waals surface area contributed by atoms with E-state index in [1.165, 1.54) is 0 Å². The third kappa shape index (κ3) is 18.1. The Morgan fingerprint density at radius 1 is 1.40 bits per heavy atom. The maximum absolute atomic E-state index is 7.94. The van der Waals surface area contributed by atoms with Crippen LogP contribution in [0.4, 0.5) is 0 Å². The second-order valence-electron chi connectivity index (χ2n) is 0. The minimum absolute atomic E-state index is 0. The molecule has 0 rings (SSSR count). The molecular formula is H4BaCoFeOSr. The van der Waals surface area contributed by atoms with Crippen molar-refractivity contribution in [1.82, 2.24) is 0 Å². The van der Waals surface area contributed by atoms with Crippen LogP contribution in [-0.2, 0) is 36.6 Å². The average Bonchev–Trinajstić information content (AvgIpc) is 1.00. The first-order valence-electron chi connectivity index (χ1n) is 0.136. The molecule has 0 saturated carbocycles. The number of hydrogen-bond donors (Lipinski definition) is 0. The van der Waals surface area contributed by atoms with Crippen molar-refractivity contribution in [3.05, 3.63) is 0 Å². The Labute approximate surface area is 133 Å². The molecule has 0 spiro atoms. The third-order valence-corrected chi connectivity index (χ3v) is 0. The van der Waals surface area contributed by atoms with Gasteiger partial charge in [0.25, 0.3) is 0 Å². The van der Waals surface area contributed by atoms with Crippen LogP contribution in [-0.4, -0.2) is 94.4 Å². The quantitative estimate of drug-likeness (QED) is 0.536. The second-order valence-corrected chi connectivity index (χ2v) is 0. The van der Waals surface area contributed by atoms with E-state index in [-0.39, 0.29) is 117 Å². The van der Waals surface area contributed by atoms with E-state index in [2.05, 4.69) is 15.7 Å². The molecule has 0 fully saturated rings. The summed E-state index contributed by atoms with van der Waals surface area (Å²) in [6.45, 7) is 0. The molecule has 0 radical (unpaired) electrons. The van der Waals surface area contributed by atoms with Gasteiger partial charge in [0.05, 0.1) is 0 Å². The van der Waals surface area contributed by atoms with Crippen LogP contribution >= 0.6 is 0 Å². The molecule has 5 heavy (non-hydrogen) atoms. The number of rotatable bonds is 0. The monoisotopic (exact) mass is 361 g/mol. The van der Waals surface area contributed by atoms with Gasteiger partial charge in [0.1, 0.15) is 0 Å². The first-order chi connectivity index (χ1) is 1.00. The average molecular weight is 360 g/mol. The van der Waals surface area contributed by atoms with Gasteiger partial charge < -0.3 is 5.71 Å². The summed E-state index contributed by atoms with van der Waals surface area (Å²) < 4.78 is 7.94. The van der Waals surface area contributed by atoms with E-state index in [4.69, 9.17) is 3.87 Å². The summed E-state index contributed by atoms with van der Waals surface area (Å²) in [5, 5.41) is 0. The van der Waals surface area contributed by atoms with Crippen LogP contribution in [0, 0.1) is 0 Å². The van der Waals surface area contributed by atoms with Gasteiger partial charge in [0, 0.05) is 17.1 Å². The predicted molar refractivity (Wildman–Crippen MR) is 16.6 cm³/mol. The SMILES string of the molecule is [Ba+2].[Fe].[H-].[H-].[H-].[H-].[O]=[Co].[Sr+2]. The molecule has 0 amide bonds. The van der Waals surface area contributed by atoms with Gasteiger partial charge in [-0.2, -0.15) is 0 Å². The van der Waals surface area contributed by atoms with Gasteiger partial charge in [-0.1, -0.05) is 0 Å². The van der Waals surface area contributed by atoms with E-state index in [0.717, 1.165) is 0 Å². The smallest absolute Gasteiger partial charge is 2.00 e. The summed E-state index contributed by atoms with van der Waals surface area (Å²) >= 11 is 2.31. The minimum Gasteiger partial charge on any atom is 2.00 e. The van der Waals surface area contributed by atoms with E-state index in [9.17, 15) is 0 Å². The molecule has 0 saturated heterocycles. The molecule has 5 heteroatoms. The van der Waals surface area contributed by atoms with Crippen molar-refractivity contribution in [3.8, 4) is 0 Å². The number of hydrogen-bond acceptors (Lipinski definition) is 1. The molecule has 0 unspecified atom stereocenters. The molecule has 0 aromatic carbocycles. The first kappa shape index (κ1) is 23.2. The van der Waals surface area contributed by atoms with Gasteiger partial charge >= 0.3 is 114 Å². The van der Waals surface area contributed by atoms with E-state index < -0.39 is 0 Å². The molecule has 0 aliphatic carbocycles. The van der Waals surface area contributed by atoms with Crippen molar-refractivity contribution in [3.63, 3.8) is 0 Å². The molecule has 31 valence electrons. The molecule has 0 N–H and O–H groups in total. The van der Waals surface area contributed by atoms with Gasteiger partial charge in [0.15, 0.2) is 0 Å². The van der Waals surface area contributed by atoms with Gasteiger partial charge in [-0.05, 0) is 0 Å². The summed E-state index contributed by atoms with van der Waals surface area (Å²) in [6, 6.07) is 0. The predicted octanol–water partition coefficient (Wildman–Crippen LogP) is -0.435. The van der Waals surface area contributed by atoms with E-state index >= 15 is 0 Å². The molecule has 0 atom stereocenters. The standard InChI is InChI=1S/Ba.Co.Fe.O.Sr.4H/q+2;;;;+2;4*-1. The molecular weight excluding hydrogens is 356 g/mol. The zero-order chi connectivity index (χ0) is 2.00. The maximum Gasteiger partial charge on any atom is 2.00 e. The molecule has 0 aromatic rings. The Morgan fingerprint density at radius 3 is 1.40 bits per heavy atom. The topological polar surface area (TPSA) is 17.1 Å². The van der Waals surface area contributed by atoms with Crippen LogP contribution < -0.4 is 0 Å². The first-order valence-corrected chi connectivity index (χ1v) is 0.561. The Bertz CT molecular complexity index is 20.5. The summed E-state index contributed by atoms with van der Waals surface area (Å²) in [4.78, 5) is 0. The fourth-order valence-electron chi connectivity index (χ4n) is 0. The Kier molecular flexibility index (Phi) is 115. The fourth-order valence-corrected chi connectivity index (χ4v) is 0. The van der Waals surface area contributed by atoms with Gasteiger partial charge in [-0.3, -0.25) is 0 Å². The van der Waals surface area contributed by atoms with Crippen LogP contribution in [0.25, 0.3) is 0 Å². The van der Waals surface area contributed by atoms with Gasteiger partial charge in [-0.15, -0.1) is 0 Å². The molecule has 1 nitrogen and oxygen atoms in total. The minimum atomic E-state index is 0. The Morgan fingerprint density at radius 2 is 1.40 bits per heavy atom. The Balaban J connectivity index is -0.000000000238. The summed E-state index contributed by atoms with van der Waals surface area (Å²) in [6.07, 6.45) is 0. The van der Waals surface area contributed by atoms with Crippen molar-refractivity contribution < 1.29 is 42.3 Å². The fraction of sp³-hybridized carbons (Fsp3) is 0. The van der Waals surface area contributed by atoms with Crippen molar-refractivity contribution in [1.29, 1.82) is 0 Å². The Hall–Kier alpha value is 3.88. The maximum atomic E-state index is 7.94. The van der Waals surface area contributed by atoms with E-state index in [1.54, 1.807) is 0 Å². The molecule has 0 heterocycles. The summed E-state index contributed by atoms with van der Waals surface area (Å²) in [5.41, 5.74) is 0. The summed E-state index contributed by atoms with van der Waals surface area (Å²) in [5.74, 6) is 0. The molecule has 0 aliphatic rings. The normalized spacial score (nSPS) is 1.00.